The van der Waals surface area contributed by atoms with Gasteiger partial charge in [-0.3, -0.25) is 0 Å². The summed E-state index contributed by atoms with van der Waals surface area (Å²) in [6.07, 6.45) is 3.19. The summed E-state index contributed by atoms with van der Waals surface area (Å²) in [7, 11) is 0. The number of nitrogens with zero attached hydrogens (tertiary/aromatic N) is 5. The van der Waals surface area contributed by atoms with Crippen LogP contribution in [0.15, 0.2) is 12.4 Å². The van der Waals surface area contributed by atoms with Gasteiger partial charge in [-0.25, -0.2) is 15.0 Å². The van der Waals surface area contributed by atoms with Crippen molar-refractivity contribution in [3.63, 3.8) is 0 Å². The molecule has 0 bridgehead atoms. The highest BCUT2D eigenvalue weighted by Crippen LogP contribution is 2.38. The van der Waals surface area contributed by atoms with Crippen molar-refractivity contribution in [2.75, 3.05) is 50.2 Å². The maximum absolute atomic E-state index is 5.73. The number of hydrogen-bond acceptors (Lipinski definition) is 9. The number of rotatable bonds is 2. The average Bonchev–Trinajstić information content (AvgIpc) is 2.62. The Morgan fingerprint density at radius 1 is 0.957 bits per heavy atom. The Hall–Kier alpha value is -2.68. The van der Waals surface area contributed by atoms with E-state index in [0.29, 0.717) is 55.3 Å². The SMILES string of the molecule is Nc1ncc(-c2nc3c(c(N4CCOCC4)n2)OCCO3)cn1. The van der Waals surface area contributed by atoms with Gasteiger partial charge in [-0.1, -0.05) is 0 Å². The average molecular weight is 316 g/mol. The van der Waals surface area contributed by atoms with Crippen molar-refractivity contribution in [2.24, 2.45) is 0 Å². The predicted molar refractivity (Wildman–Crippen MR) is 81.5 cm³/mol. The first-order chi connectivity index (χ1) is 11.3. The van der Waals surface area contributed by atoms with Crippen LogP contribution in [0.3, 0.4) is 0 Å². The minimum absolute atomic E-state index is 0.208. The van der Waals surface area contributed by atoms with Crippen molar-refractivity contribution in [1.29, 1.82) is 0 Å². The van der Waals surface area contributed by atoms with Crippen LogP contribution in [0.5, 0.6) is 11.6 Å². The molecule has 0 radical (unpaired) electrons. The largest absolute Gasteiger partial charge is 0.482 e. The fourth-order valence-electron chi connectivity index (χ4n) is 2.50. The number of nitrogens with two attached hydrogens (primary N) is 1. The summed E-state index contributed by atoms with van der Waals surface area (Å²) in [5, 5.41) is 0. The Morgan fingerprint density at radius 3 is 2.48 bits per heavy atom. The van der Waals surface area contributed by atoms with Gasteiger partial charge in [0, 0.05) is 25.5 Å². The molecule has 4 rings (SSSR count). The molecule has 2 aliphatic heterocycles. The van der Waals surface area contributed by atoms with E-state index < -0.39 is 0 Å². The Labute approximate surface area is 132 Å². The van der Waals surface area contributed by atoms with Gasteiger partial charge in [0.15, 0.2) is 11.6 Å². The van der Waals surface area contributed by atoms with Gasteiger partial charge in [-0.05, 0) is 0 Å². The van der Waals surface area contributed by atoms with Crippen LogP contribution in [-0.2, 0) is 4.74 Å². The first-order valence-electron chi connectivity index (χ1n) is 7.39. The van der Waals surface area contributed by atoms with E-state index in [2.05, 4.69) is 24.8 Å². The summed E-state index contributed by atoms with van der Waals surface area (Å²) >= 11 is 0. The van der Waals surface area contributed by atoms with Gasteiger partial charge in [0.1, 0.15) is 13.2 Å². The van der Waals surface area contributed by atoms with Gasteiger partial charge in [0.2, 0.25) is 11.7 Å². The molecule has 2 aromatic heterocycles. The number of aromatic nitrogens is 4. The lowest BCUT2D eigenvalue weighted by atomic mass is 10.3. The molecule has 120 valence electrons. The van der Waals surface area contributed by atoms with Crippen LogP contribution in [0.1, 0.15) is 0 Å². The summed E-state index contributed by atoms with van der Waals surface area (Å²) in [5.41, 5.74) is 6.20. The van der Waals surface area contributed by atoms with E-state index in [0.717, 1.165) is 13.1 Å². The summed E-state index contributed by atoms with van der Waals surface area (Å²) in [6, 6.07) is 0. The van der Waals surface area contributed by atoms with Crippen LogP contribution in [-0.4, -0.2) is 59.5 Å². The number of morpholine rings is 1. The molecule has 0 unspecified atom stereocenters. The third-order valence-corrected chi connectivity index (χ3v) is 3.63. The van der Waals surface area contributed by atoms with Gasteiger partial charge >= 0.3 is 0 Å². The molecule has 0 atom stereocenters. The number of fused-ring (bicyclic) bond motifs is 1. The molecule has 1 fully saturated rings. The van der Waals surface area contributed by atoms with Gasteiger partial charge in [-0.15, -0.1) is 0 Å². The Balaban J connectivity index is 1.79. The molecule has 2 aromatic rings. The molecule has 0 saturated carbocycles. The van der Waals surface area contributed by atoms with Crippen molar-refractivity contribution in [3.05, 3.63) is 12.4 Å². The zero-order valence-corrected chi connectivity index (χ0v) is 12.4. The third-order valence-electron chi connectivity index (χ3n) is 3.63. The number of hydrogen-bond donors (Lipinski definition) is 1. The lowest BCUT2D eigenvalue weighted by Crippen LogP contribution is -2.37. The van der Waals surface area contributed by atoms with E-state index in [-0.39, 0.29) is 5.95 Å². The lowest BCUT2D eigenvalue weighted by Gasteiger charge is -2.30. The molecule has 0 aliphatic carbocycles. The number of ether oxygens (including phenoxy) is 3. The maximum atomic E-state index is 5.73. The van der Waals surface area contributed by atoms with E-state index in [1.807, 2.05) is 0 Å². The Kier molecular flexibility index (Phi) is 3.54. The molecule has 0 aromatic carbocycles. The van der Waals surface area contributed by atoms with Crippen molar-refractivity contribution >= 4 is 11.8 Å². The highest BCUT2D eigenvalue weighted by atomic mass is 16.6. The van der Waals surface area contributed by atoms with Gasteiger partial charge in [-0.2, -0.15) is 4.98 Å². The fraction of sp³-hybridized carbons (Fsp3) is 0.429. The Morgan fingerprint density at radius 2 is 1.70 bits per heavy atom. The van der Waals surface area contributed by atoms with Crippen molar-refractivity contribution in [3.8, 4) is 23.0 Å². The van der Waals surface area contributed by atoms with Crippen LogP contribution < -0.4 is 20.1 Å². The number of nitrogen functional groups attached to an aromatic ring is 1. The smallest absolute Gasteiger partial charge is 0.263 e. The summed E-state index contributed by atoms with van der Waals surface area (Å²) in [5.74, 6) is 2.43. The molecule has 2 N–H and O–H groups in total. The third kappa shape index (κ3) is 2.70. The molecule has 4 heterocycles. The Bertz CT molecular complexity index is 702. The van der Waals surface area contributed by atoms with Crippen LogP contribution in [0, 0.1) is 0 Å². The zero-order chi connectivity index (χ0) is 15.6. The van der Waals surface area contributed by atoms with Crippen molar-refractivity contribution < 1.29 is 14.2 Å². The normalized spacial score (nSPS) is 17.1. The molecule has 0 spiro atoms. The van der Waals surface area contributed by atoms with Crippen molar-refractivity contribution in [1.82, 2.24) is 19.9 Å². The molecule has 1 saturated heterocycles. The van der Waals surface area contributed by atoms with Gasteiger partial charge in [0.05, 0.1) is 18.8 Å². The van der Waals surface area contributed by atoms with E-state index in [9.17, 15) is 0 Å². The van der Waals surface area contributed by atoms with Crippen LogP contribution in [0.2, 0.25) is 0 Å². The van der Waals surface area contributed by atoms with Crippen LogP contribution in [0.4, 0.5) is 11.8 Å². The second-order valence-electron chi connectivity index (χ2n) is 5.13. The minimum Gasteiger partial charge on any atom is -0.482 e. The van der Waals surface area contributed by atoms with Gasteiger partial charge in [0.25, 0.3) is 5.88 Å². The zero-order valence-electron chi connectivity index (χ0n) is 12.4. The first kappa shape index (κ1) is 13.9. The van der Waals surface area contributed by atoms with Gasteiger partial charge < -0.3 is 24.8 Å². The van der Waals surface area contributed by atoms with Crippen LogP contribution in [0.25, 0.3) is 11.4 Å². The monoisotopic (exact) mass is 316 g/mol. The molecular weight excluding hydrogens is 300 g/mol. The topological polar surface area (TPSA) is 109 Å². The van der Waals surface area contributed by atoms with E-state index >= 15 is 0 Å². The first-order valence-corrected chi connectivity index (χ1v) is 7.39. The fourth-order valence-corrected chi connectivity index (χ4v) is 2.50. The molecule has 23 heavy (non-hydrogen) atoms. The molecule has 9 nitrogen and oxygen atoms in total. The maximum Gasteiger partial charge on any atom is 0.263 e. The highest BCUT2D eigenvalue weighted by Gasteiger charge is 2.26. The second kappa shape index (κ2) is 5.84. The number of anilines is 2. The molecule has 0 amide bonds. The minimum atomic E-state index is 0.208. The second-order valence-corrected chi connectivity index (χ2v) is 5.13. The standard InChI is InChI=1S/C14H16N6O3/c15-14-16-7-9(8-17-14)11-18-12(20-1-3-21-4-2-20)10-13(19-11)23-6-5-22-10/h7-8H,1-6H2,(H2,15,16,17). The van der Waals surface area contributed by atoms with E-state index in [1.165, 1.54) is 0 Å². The summed E-state index contributed by atoms with van der Waals surface area (Å²) in [4.78, 5) is 19.2. The molecular formula is C14H16N6O3. The summed E-state index contributed by atoms with van der Waals surface area (Å²) in [6.45, 7) is 3.73. The lowest BCUT2D eigenvalue weighted by molar-refractivity contribution is 0.120. The quantitative estimate of drug-likeness (QED) is 0.826. The summed E-state index contributed by atoms with van der Waals surface area (Å²) < 4.78 is 16.8. The van der Waals surface area contributed by atoms with E-state index in [4.69, 9.17) is 19.9 Å². The molecule has 2 aliphatic rings. The van der Waals surface area contributed by atoms with E-state index in [1.54, 1.807) is 12.4 Å². The molecule has 9 heteroatoms. The van der Waals surface area contributed by atoms with Crippen molar-refractivity contribution in [2.45, 2.75) is 0 Å². The van der Waals surface area contributed by atoms with Crippen LogP contribution >= 0.6 is 0 Å². The predicted octanol–water partition coefficient (Wildman–Crippen LogP) is 0.124. The highest BCUT2D eigenvalue weighted by molar-refractivity contribution is 5.65.